The highest BCUT2D eigenvalue weighted by Gasteiger charge is 2.26. The molecule has 1 aliphatic rings. The second-order valence-electron chi connectivity index (χ2n) is 6.05. The van der Waals surface area contributed by atoms with Crippen LogP contribution in [0.3, 0.4) is 0 Å². The number of amides is 2. The summed E-state index contributed by atoms with van der Waals surface area (Å²) in [4.78, 5) is 24.9. The van der Waals surface area contributed by atoms with Crippen LogP contribution < -0.4 is 20.1 Å². The fraction of sp³-hybridized carbons (Fsp3) is 0.300. The van der Waals surface area contributed by atoms with Gasteiger partial charge in [-0.15, -0.1) is 0 Å². The standard InChI is InChI=1S/C20H22N2O4/c1-2-3-11-25-15-8-6-7-14(12-15)19(23)22-17-13-26-18-10-5-4-9-16(18)21-20(17)24/h4-10,12,17H,2-3,11,13H2,1H3,(H,21,24)(H,22,23)/t17-/m0/s1. The molecule has 3 rings (SSSR count). The number of anilines is 1. The van der Waals surface area contributed by atoms with Crippen molar-refractivity contribution in [2.45, 2.75) is 25.8 Å². The first-order valence-electron chi connectivity index (χ1n) is 8.74. The molecule has 0 bridgehead atoms. The predicted molar refractivity (Wildman–Crippen MR) is 98.7 cm³/mol. The molecule has 2 amide bonds. The van der Waals surface area contributed by atoms with E-state index in [1.807, 2.05) is 18.2 Å². The first kappa shape index (κ1) is 17.8. The number of rotatable bonds is 6. The smallest absolute Gasteiger partial charge is 0.252 e. The van der Waals surface area contributed by atoms with Gasteiger partial charge < -0.3 is 20.1 Å². The molecule has 6 nitrogen and oxygen atoms in total. The highest BCUT2D eigenvalue weighted by Crippen LogP contribution is 2.26. The Bertz CT molecular complexity index is 791. The van der Waals surface area contributed by atoms with Crippen LogP contribution in [-0.4, -0.2) is 31.1 Å². The molecule has 0 radical (unpaired) electrons. The Morgan fingerprint density at radius 1 is 1.27 bits per heavy atom. The Hall–Kier alpha value is -3.02. The van der Waals surface area contributed by atoms with E-state index in [4.69, 9.17) is 9.47 Å². The zero-order valence-corrected chi connectivity index (χ0v) is 14.7. The van der Waals surface area contributed by atoms with Gasteiger partial charge in [0, 0.05) is 5.56 Å². The van der Waals surface area contributed by atoms with Crippen LogP contribution >= 0.6 is 0 Å². The van der Waals surface area contributed by atoms with Gasteiger partial charge in [-0.25, -0.2) is 0 Å². The van der Waals surface area contributed by atoms with E-state index in [1.54, 1.807) is 30.3 Å². The van der Waals surface area contributed by atoms with Gasteiger partial charge in [-0.3, -0.25) is 9.59 Å². The monoisotopic (exact) mass is 354 g/mol. The minimum atomic E-state index is -0.778. The summed E-state index contributed by atoms with van der Waals surface area (Å²) in [5.74, 6) is 0.572. The minimum Gasteiger partial charge on any atom is -0.494 e. The Balaban J connectivity index is 1.64. The van der Waals surface area contributed by atoms with E-state index in [1.165, 1.54) is 0 Å². The molecule has 1 heterocycles. The Morgan fingerprint density at radius 2 is 2.12 bits per heavy atom. The van der Waals surface area contributed by atoms with Crippen molar-refractivity contribution < 1.29 is 19.1 Å². The summed E-state index contributed by atoms with van der Waals surface area (Å²) in [7, 11) is 0. The zero-order valence-electron chi connectivity index (χ0n) is 14.7. The van der Waals surface area contributed by atoms with Crippen molar-refractivity contribution in [3.05, 3.63) is 54.1 Å². The molecular weight excluding hydrogens is 332 g/mol. The normalized spacial score (nSPS) is 15.9. The SMILES string of the molecule is CCCCOc1cccc(C(=O)N[C@H]2COc3ccccc3NC2=O)c1. The molecule has 2 aromatic rings. The quantitative estimate of drug-likeness (QED) is 0.782. The first-order chi connectivity index (χ1) is 12.7. The number of hydrogen-bond acceptors (Lipinski definition) is 4. The number of nitrogens with one attached hydrogen (secondary N) is 2. The molecule has 1 atom stereocenters. The highest BCUT2D eigenvalue weighted by molar-refractivity contribution is 6.02. The van der Waals surface area contributed by atoms with Gasteiger partial charge in [0.15, 0.2) is 0 Å². The Kier molecular flexibility index (Phi) is 5.73. The molecule has 2 aromatic carbocycles. The lowest BCUT2D eigenvalue weighted by molar-refractivity contribution is -0.118. The molecule has 26 heavy (non-hydrogen) atoms. The molecule has 0 saturated heterocycles. The van der Waals surface area contributed by atoms with Crippen LogP contribution in [0, 0.1) is 0 Å². The summed E-state index contributed by atoms with van der Waals surface area (Å²) in [5.41, 5.74) is 1.04. The van der Waals surface area contributed by atoms with Crippen molar-refractivity contribution in [3.8, 4) is 11.5 Å². The van der Waals surface area contributed by atoms with Gasteiger partial charge in [0.25, 0.3) is 11.8 Å². The van der Waals surface area contributed by atoms with E-state index >= 15 is 0 Å². The number of ether oxygens (including phenoxy) is 2. The molecule has 0 aliphatic carbocycles. The average molecular weight is 354 g/mol. The third kappa shape index (κ3) is 4.33. The summed E-state index contributed by atoms with van der Waals surface area (Å²) < 4.78 is 11.3. The third-order valence-corrected chi connectivity index (χ3v) is 4.04. The number of fused-ring (bicyclic) bond motifs is 1. The number of carbonyl (C=O) groups excluding carboxylic acids is 2. The summed E-state index contributed by atoms with van der Waals surface area (Å²) in [6.45, 7) is 2.77. The lowest BCUT2D eigenvalue weighted by Gasteiger charge is -2.15. The van der Waals surface area contributed by atoms with Crippen molar-refractivity contribution in [1.82, 2.24) is 5.32 Å². The second-order valence-corrected chi connectivity index (χ2v) is 6.05. The molecule has 0 saturated carbocycles. The maximum Gasteiger partial charge on any atom is 0.252 e. The Labute approximate surface area is 152 Å². The lowest BCUT2D eigenvalue weighted by Crippen LogP contribution is -2.46. The van der Waals surface area contributed by atoms with Crippen LogP contribution in [0.25, 0.3) is 0 Å². The van der Waals surface area contributed by atoms with Crippen molar-refractivity contribution in [2.24, 2.45) is 0 Å². The summed E-state index contributed by atoms with van der Waals surface area (Å²) in [5, 5.41) is 5.49. The molecule has 0 spiro atoms. The lowest BCUT2D eigenvalue weighted by atomic mass is 10.2. The predicted octanol–water partition coefficient (Wildman–Crippen LogP) is 3.00. The van der Waals surface area contributed by atoms with Crippen molar-refractivity contribution in [3.63, 3.8) is 0 Å². The maximum atomic E-state index is 12.5. The van der Waals surface area contributed by atoms with Gasteiger partial charge in [0.1, 0.15) is 24.1 Å². The average Bonchev–Trinajstić information content (AvgIpc) is 2.81. The van der Waals surface area contributed by atoms with Crippen LogP contribution in [0.4, 0.5) is 5.69 Å². The molecule has 0 fully saturated rings. The summed E-state index contributed by atoms with van der Waals surface area (Å²) in [6.07, 6.45) is 2.00. The van der Waals surface area contributed by atoms with Gasteiger partial charge in [0.2, 0.25) is 0 Å². The topological polar surface area (TPSA) is 76.7 Å². The fourth-order valence-electron chi connectivity index (χ4n) is 2.57. The molecular formula is C20H22N2O4. The van der Waals surface area contributed by atoms with E-state index in [0.29, 0.717) is 29.4 Å². The second kappa shape index (κ2) is 8.38. The van der Waals surface area contributed by atoms with Crippen molar-refractivity contribution in [1.29, 1.82) is 0 Å². The number of benzene rings is 2. The maximum absolute atomic E-state index is 12.5. The molecule has 0 aromatic heterocycles. The van der Waals surface area contributed by atoms with Gasteiger partial charge in [-0.05, 0) is 36.8 Å². The van der Waals surface area contributed by atoms with E-state index in [9.17, 15) is 9.59 Å². The zero-order chi connectivity index (χ0) is 18.4. The van der Waals surface area contributed by atoms with E-state index in [2.05, 4.69) is 17.6 Å². The van der Waals surface area contributed by atoms with Crippen LogP contribution in [0.2, 0.25) is 0 Å². The molecule has 0 unspecified atom stereocenters. The summed E-state index contributed by atoms with van der Waals surface area (Å²) >= 11 is 0. The van der Waals surface area contributed by atoms with Gasteiger partial charge in [0.05, 0.1) is 12.3 Å². The van der Waals surface area contributed by atoms with Crippen molar-refractivity contribution >= 4 is 17.5 Å². The van der Waals surface area contributed by atoms with Crippen LogP contribution in [0.15, 0.2) is 48.5 Å². The van der Waals surface area contributed by atoms with Gasteiger partial charge in [-0.1, -0.05) is 31.5 Å². The Morgan fingerprint density at radius 3 is 2.96 bits per heavy atom. The summed E-state index contributed by atoms with van der Waals surface area (Å²) in [6, 6.07) is 13.3. The molecule has 1 aliphatic heterocycles. The third-order valence-electron chi connectivity index (χ3n) is 4.04. The number of unbranched alkanes of at least 4 members (excludes halogenated alkanes) is 1. The van der Waals surface area contributed by atoms with E-state index in [0.717, 1.165) is 12.8 Å². The van der Waals surface area contributed by atoms with Crippen molar-refractivity contribution in [2.75, 3.05) is 18.5 Å². The van der Waals surface area contributed by atoms with Gasteiger partial charge in [-0.2, -0.15) is 0 Å². The van der Waals surface area contributed by atoms with E-state index < -0.39 is 6.04 Å². The largest absolute Gasteiger partial charge is 0.494 e. The van der Waals surface area contributed by atoms with Crippen LogP contribution in [0.5, 0.6) is 11.5 Å². The number of hydrogen-bond donors (Lipinski definition) is 2. The molecule has 2 N–H and O–H groups in total. The molecule has 136 valence electrons. The fourth-order valence-corrected chi connectivity index (χ4v) is 2.57. The van der Waals surface area contributed by atoms with Gasteiger partial charge >= 0.3 is 0 Å². The first-order valence-corrected chi connectivity index (χ1v) is 8.74. The minimum absolute atomic E-state index is 0.0707. The number of para-hydroxylation sites is 2. The highest BCUT2D eigenvalue weighted by atomic mass is 16.5. The molecule has 6 heteroatoms. The van der Waals surface area contributed by atoms with E-state index in [-0.39, 0.29) is 18.4 Å². The van der Waals surface area contributed by atoms with Crippen LogP contribution in [-0.2, 0) is 4.79 Å². The number of carbonyl (C=O) groups is 2. The van der Waals surface area contributed by atoms with Crippen LogP contribution in [0.1, 0.15) is 30.1 Å².